The summed E-state index contributed by atoms with van der Waals surface area (Å²) < 4.78 is 1.82. The van der Waals surface area contributed by atoms with Crippen molar-refractivity contribution in [2.24, 2.45) is 5.73 Å². The highest BCUT2D eigenvalue weighted by molar-refractivity contribution is 6.44. The van der Waals surface area contributed by atoms with Gasteiger partial charge in [0.1, 0.15) is 5.75 Å². The van der Waals surface area contributed by atoms with Crippen LogP contribution in [0, 0.1) is 0 Å². The van der Waals surface area contributed by atoms with Crippen molar-refractivity contribution in [2.45, 2.75) is 46.0 Å². The van der Waals surface area contributed by atoms with Crippen LogP contribution in [-0.2, 0) is 17.6 Å². The lowest BCUT2D eigenvalue weighted by Gasteiger charge is -2.05. The zero-order valence-corrected chi connectivity index (χ0v) is 13.1. The molecule has 22 heavy (non-hydrogen) atoms. The molecular formula is C17H22N2O3. The van der Waals surface area contributed by atoms with Gasteiger partial charge < -0.3 is 15.2 Å². The zero-order chi connectivity index (χ0) is 16.3. The van der Waals surface area contributed by atoms with E-state index in [1.807, 2.05) is 17.5 Å². The van der Waals surface area contributed by atoms with Crippen molar-refractivity contribution in [2.75, 3.05) is 0 Å². The molecule has 0 saturated heterocycles. The summed E-state index contributed by atoms with van der Waals surface area (Å²) in [5, 5.41) is 10.2. The van der Waals surface area contributed by atoms with Gasteiger partial charge in [0.15, 0.2) is 0 Å². The minimum absolute atomic E-state index is 0.0106. The molecule has 0 aliphatic rings. The van der Waals surface area contributed by atoms with Crippen LogP contribution >= 0.6 is 0 Å². The van der Waals surface area contributed by atoms with E-state index in [-0.39, 0.29) is 11.3 Å². The van der Waals surface area contributed by atoms with Crippen molar-refractivity contribution in [3.63, 3.8) is 0 Å². The lowest BCUT2D eigenvalue weighted by atomic mass is 10.00. The quantitative estimate of drug-likeness (QED) is 0.468. The maximum absolute atomic E-state index is 12.2. The largest absolute Gasteiger partial charge is 0.506 e. The summed E-state index contributed by atoms with van der Waals surface area (Å²) in [4.78, 5) is 23.6. The Kier molecular flexibility index (Phi) is 4.85. The van der Waals surface area contributed by atoms with E-state index >= 15 is 0 Å². The molecule has 1 amide bonds. The average Bonchev–Trinajstić information content (AvgIpc) is 2.81. The molecule has 5 nitrogen and oxygen atoms in total. The number of aromatic nitrogens is 1. The molecule has 0 bridgehead atoms. The number of fused-ring (bicyclic) bond motifs is 1. The Morgan fingerprint density at radius 1 is 1.27 bits per heavy atom. The Morgan fingerprint density at radius 2 is 2.00 bits per heavy atom. The lowest BCUT2D eigenvalue weighted by Crippen LogP contribution is -2.24. The first-order valence-corrected chi connectivity index (χ1v) is 7.70. The number of rotatable bonds is 7. The van der Waals surface area contributed by atoms with Crippen LogP contribution in [0.15, 0.2) is 18.3 Å². The summed E-state index contributed by atoms with van der Waals surface area (Å²) >= 11 is 0. The van der Waals surface area contributed by atoms with Crippen molar-refractivity contribution >= 4 is 17.2 Å². The first kappa shape index (κ1) is 16.1. The van der Waals surface area contributed by atoms with Crippen molar-refractivity contribution in [1.29, 1.82) is 0 Å². The van der Waals surface area contributed by atoms with Gasteiger partial charge in [0.05, 0.1) is 11.1 Å². The van der Waals surface area contributed by atoms with Gasteiger partial charge in [-0.25, -0.2) is 0 Å². The number of ketones is 1. The third-order valence-electron chi connectivity index (χ3n) is 3.97. The molecule has 0 saturated carbocycles. The standard InChI is InChI=1S/C17H22N2O3/c1-3-5-6-8-12-11(4-2)14(16(21)17(18)22)15-13(20)9-7-10-19(12)15/h7,9-10,20H,3-6,8H2,1-2H3,(H2,18,22). The van der Waals surface area contributed by atoms with E-state index in [4.69, 9.17) is 5.73 Å². The molecule has 2 heterocycles. The van der Waals surface area contributed by atoms with Crippen LogP contribution in [0.4, 0.5) is 0 Å². The highest BCUT2D eigenvalue weighted by Gasteiger charge is 2.26. The number of hydrogen-bond donors (Lipinski definition) is 2. The Hall–Kier alpha value is -2.30. The van der Waals surface area contributed by atoms with E-state index < -0.39 is 11.7 Å². The molecule has 0 aliphatic heterocycles. The molecule has 2 aromatic heterocycles. The Morgan fingerprint density at radius 3 is 2.59 bits per heavy atom. The summed E-state index contributed by atoms with van der Waals surface area (Å²) in [6.07, 6.45) is 6.41. The van der Waals surface area contributed by atoms with Crippen LogP contribution < -0.4 is 5.73 Å². The maximum Gasteiger partial charge on any atom is 0.289 e. The fourth-order valence-electron chi connectivity index (χ4n) is 2.97. The number of hydrogen-bond acceptors (Lipinski definition) is 3. The molecule has 0 spiro atoms. The number of Topliss-reactive ketones (excluding diaryl/α,β-unsaturated/α-hetero) is 1. The zero-order valence-electron chi connectivity index (χ0n) is 13.1. The number of nitrogens with zero attached hydrogens (tertiary/aromatic N) is 1. The predicted octanol–water partition coefficient (Wildman–Crippen LogP) is 2.61. The number of carbonyl (C=O) groups is 2. The molecule has 0 aliphatic carbocycles. The number of nitrogens with two attached hydrogens (primary N) is 1. The van der Waals surface area contributed by atoms with Gasteiger partial charge in [-0.2, -0.15) is 0 Å². The fraction of sp³-hybridized carbons (Fsp3) is 0.412. The summed E-state index contributed by atoms with van der Waals surface area (Å²) in [6.45, 7) is 4.07. The van der Waals surface area contributed by atoms with Crippen LogP contribution in [0.5, 0.6) is 5.75 Å². The third-order valence-corrected chi connectivity index (χ3v) is 3.97. The monoisotopic (exact) mass is 302 g/mol. The van der Waals surface area contributed by atoms with E-state index in [2.05, 4.69) is 6.92 Å². The summed E-state index contributed by atoms with van der Waals surface area (Å²) in [6, 6.07) is 3.24. The van der Waals surface area contributed by atoms with Crippen LogP contribution in [0.2, 0.25) is 0 Å². The van der Waals surface area contributed by atoms with E-state index in [1.54, 1.807) is 6.07 Å². The van der Waals surface area contributed by atoms with E-state index in [1.165, 1.54) is 6.07 Å². The van der Waals surface area contributed by atoms with E-state index in [9.17, 15) is 14.7 Å². The van der Waals surface area contributed by atoms with Crippen molar-refractivity contribution in [3.8, 4) is 5.75 Å². The van der Waals surface area contributed by atoms with Crippen LogP contribution in [-0.4, -0.2) is 21.2 Å². The molecule has 0 radical (unpaired) electrons. The Labute approximate surface area is 129 Å². The first-order valence-electron chi connectivity index (χ1n) is 7.70. The molecule has 0 fully saturated rings. The van der Waals surface area contributed by atoms with E-state index in [0.717, 1.165) is 36.9 Å². The topological polar surface area (TPSA) is 84.8 Å². The molecule has 2 aromatic rings. The molecule has 0 aromatic carbocycles. The van der Waals surface area contributed by atoms with Gasteiger partial charge in [0.2, 0.25) is 0 Å². The number of unbranched alkanes of at least 4 members (excludes halogenated alkanes) is 2. The minimum atomic E-state index is -0.995. The second kappa shape index (κ2) is 6.64. The number of pyridine rings is 1. The summed E-state index contributed by atoms with van der Waals surface area (Å²) in [5.74, 6) is -1.74. The highest BCUT2D eigenvalue weighted by Crippen LogP contribution is 2.32. The molecule has 5 heteroatoms. The number of aromatic hydroxyl groups is 1. The molecule has 0 atom stereocenters. The number of aryl methyl sites for hydroxylation is 1. The molecule has 3 N–H and O–H groups in total. The van der Waals surface area contributed by atoms with E-state index in [0.29, 0.717) is 11.9 Å². The molecule has 0 unspecified atom stereocenters. The minimum Gasteiger partial charge on any atom is -0.506 e. The van der Waals surface area contributed by atoms with Gasteiger partial charge >= 0.3 is 0 Å². The van der Waals surface area contributed by atoms with Crippen LogP contribution in [0.3, 0.4) is 0 Å². The number of primary amides is 1. The van der Waals surface area contributed by atoms with Gasteiger partial charge in [-0.05, 0) is 37.0 Å². The Bertz CT molecular complexity index is 716. The van der Waals surface area contributed by atoms with Crippen LogP contribution in [0.25, 0.3) is 5.52 Å². The summed E-state index contributed by atoms with van der Waals surface area (Å²) in [5.41, 5.74) is 7.60. The predicted molar refractivity (Wildman–Crippen MR) is 85.2 cm³/mol. The van der Waals surface area contributed by atoms with Crippen molar-refractivity contribution in [1.82, 2.24) is 4.40 Å². The van der Waals surface area contributed by atoms with Crippen molar-refractivity contribution < 1.29 is 14.7 Å². The Balaban J connectivity index is 2.71. The summed E-state index contributed by atoms with van der Waals surface area (Å²) in [7, 11) is 0. The van der Waals surface area contributed by atoms with Gasteiger partial charge in [-0.3, -0.25) is 9.59 Å². The maximum atomic E-state index is 12.2. The van der Waals surface area contributed by atoms with Gasteiger partial charge in [-0.1, -0.05) is 26.7 Å². The normalized spacial score (nSPS) is 11.0. The second-order valence-corrected chi connectivity index (χ2v) is 5.42. The SMILES string of the molecule is CCCCCc1c(CC)c(C(=O)C(N)=O)c2c(O)cccn12. The second-order valence-electron chi connectivity index (χ2n) is 5.42. The van der Waals surface area contributed by atoms with Crippen molar-refractivity contribution in [3.05, 3.63) is 35.2 Å². The molecule has 2 rings (SSSR count). The lowest BCUT2D eigenvalue weighted by molar-refractivity contribution is -0.114. The molecular weight excluding hydrogens is 280 g/mol. The smallest absolute Gasteiger partial charge is 0.289 e. The highest BCUT2D eigenvalue weighted by atomic mass is 16.3. The average molecular weight is 302 g/mol. The fourth-order valence-corrected chi connectivity index (χ4v) is 2.97. The third kappa shape index (κ3) is 2.71. The number of amides is 1. The van der Waals surface area contributed by atoms with Crippen LogP contribution in [0.1, 0.15) is 54.7 Å². The molecule has 118 valence electrons. The first-order chi connectivity index (χ1) is 10.5. The van der Waals surface area contributed by atoms with Gasteiger partial charge in [-0.15, -0.1) is 0 Å². The van der Waals surface area contributed by atoms with Gasteiger partial charge in [0.25, 0.3) is 11.7 Å². The number of carbonyl (C=O) groups excluding carboxylic acids is 2. The van der Waals surface area contributed by atoms with Gasteiger partial charge in [0, 0.05) is 11.9 Å².